The second-order valence-corrected chi connectivity index (χ2v) is 15.2. The van der Waals surface area contributed by atoms with E-state index in [1.54, 1.807) is 0 Å². The molecule has 0 N–H and O–H groups in total. The highest BCUT2D eigenvalue weighted by atomic mass is 15.1. The van der Waals surface area contributed by atoms with Gasteiger partial charge in [-0.15, -0.1) is 0 Å². The van der Waals surface area contributed by atoms with E-state index >= 15 is 0 Å². The first kappa shape index (κ1) is 32.2. The average molecular weight is 692 g/mol. The maximum Gasteiger partial charge on any atom is 0.0714 e. The molecule has 0 unspecified atom stereocenters. The van der Waals surface area contributed by atoms with Crippen molar-refractivity contribution in [3.63, 3.8) is 0 Å². The molecule has 10 rings (SSSR count). The number of benzene rings is 7. The molecule has 258 valence electrons. The fraction of sp³-hybridized carbons (Fsp3) is 0.0943. The van der Waals surface area contributed by atoms with Crippen LogP contribution < -0.4 is 4.90 Å². The normalized spacial score (nSPS) is 15.6. The molecule has 0 amide bonds. The van der Waals surface area contributed by atoms with E-state index in [9.17, 15) is 0 Å². The zero-order valence-electron chi connectivity index (χ0n) is 30.7. The van der Waals surface area contributed by atoms with Crippen LogP contribution in [0, 0.1) is 0 Å². The van der Waals surface area contributed by atoms with Crippen LogP contribution in [0.2, 0.25) is 0 Å². The van der Waals surface area contributed by atoms with Crippen LogP contribution in [0.3, 0.4) is 0 Å². The topological polar surface area (TPSA) is 3.24 Å². The molecule has 0 atom stereocenters. The minimum Gasteiger partial charge on any atom is -0.311 e. The van der Waals surface area contributed by atoms with Crippen LogP contribution in [-0.4, -0.2) is 0 Å². The van der Waals surface area contributed by atoms with Crippen molar-refractivity contribution in [2.45, 2.75) is 31.1 Å². The number of nitrogens with zero attached hydrogens (tertiary/aromatic N) is 1. The third-order valence-corrected chi connectivity index (χ3v) is 12.0. The molecule has 0 saturated carbocycles. The maximum absolute atomic E-state index is 2.49. The fourth-order valence-electron chi connectivity index (χ4n) is 9.48. The standard InChI is InChI=1S/C53H41N/c1-52(2)48-27-14-12-25-44(48)46-33-31-42(35-50(46)52)54(41-24-16-19-38(29-30-41)37-17-6-3-7-18-37)43-32-34-47-45-26-13-15-28-49(45)53(51(47)36-43,39-20-8-4-9-21-39)40-22-10-5-11-23-40/h3-15,17-36H,16H2,1-2H3. The summed E-state index contributed by atoms with van der Waals surface area (Å²) in [7, 11) is 0. The van der Waals surface area contributed by atoms with Gasteiger partial charge in [0.05, 0.1) is 5.41 Å². The highest BCUT2D eigenvalue weighted by Gasteiger charge is 2.46. The van der Waals surface area contributed by atoms with Crippen LogP contribution in [0.5, 0.6) is 0 Å². The summed E-state index contributed by atoms with van der Waals surface area (Å²) < 4.78 is 0. The number of rotatable bonds is 6. The van der Waals surface area contributed by atoms with Gasteiger partial charge in [-0.3, -0.25) is 0 Å². The Kier molecular flexibility index (Phi) is 7.52. The summed E-state index contributed by atoms with van der Waals surface area (Å²) in [6, 6.07) is 65.1. The Labute approximate surface area is 318 Å². The van der Waals surface area contributed by atoms with Crippen molar-refractivity contribution in [1.82, 2.24) is 0 Å². The van der Waals surface area contributed by atoms with Gasteiger partial charge in [-0.1, -0.05) is 184 Å². The van der Waals surface area contributed by atoms with Crippen LogP contribution in [0.1, 0.15) is 59.2 Å². The average Bonchev–Trinajstić information content (AvgIpc) is 3.49. The maximum atomic E-state index is 2.49. The van der Waals surface area contributed by atoms with E-state index in [0.717, 1.165) is 23.5 Å². The summed E-state index contributed by atoms with van der Waals surface area (Å²) in [6.45, 7) is 4.74. The minimum absolute atomic E-state index is 0.112. The van der Waals surface area contributed by atoms with Gasteiger partial charge in [0.2, 0.25) is 0 Å². The van der Waals surface area contributed by atoms with Gasteiger partial charge in [-0.2, -0.15) is 0 Å². The molecule has 0 radical (unpaired) electrons. The SMILES string of the molecule is CC1(C)c2ccccc2-c2ccc(N(C3=CCC=C(c4ccccc4)C=C3)c3ccc4c(c3)C(c3ccccc3)(c3ccccc3)c3ccccc3-4)cc21. The molecule has 3 aliphatic rings. The second-order valence-electron chi connectivity index (χ2n) is 15.2. The van der Waals surface area contributed by atoms with E-state index in [2.05, 4.69) is 219 Å². The third kappa shape index (κ3) is 4.85. The number of anilines is 2. The lowest BCUT2D eigenvalue weighted by Gasteiger charge is -2.35. The van der Waals surface area contributed by atoms with Crippen molar-refractivity contribution < 1.29 is 0 Å². The van der Waals surface area contributed by atoms with Crippen LogP contribution in [-0.2, 0) is 10.8 Å². The van der Waals surface area contributed by atoms with Crippen molar-refractivity contribution in [1.29, 1.82) is 0 Å². The molecular formula is C53H41N. The van der Waals surface area contributed by atoms with E-state index in [1.807, 2.05) is 0 Å². The highest BCUT2D eigenvalue weighted by molar-refractivity contribution is 5.90. The lowest BCUT2D eigenvalue weighted by atomic mass is 9.67. The summed E-state index contributed by atoms with van der Waals surface area (Å²) in [4.78, 5) is 2.49. The number of hydrogen-bond acceptors (Lipinski definition) is 1. The van der Waals surface area contributed by atoms with Crippen molar-refractivity contribution in [2.24, 2.45) is 0 Å². The Balaban J connectivity index is 1.20. The predicted molar refractivity (Wildman–Crippen MR) is 226 cm³/mol. The summed E-state index contributed by atoms with van der Waals surface area (Å²) in [5, 5.41) is 0. The lowest BCUT2D eigenvalue weighted by Crippen LogP contribution is -2.29. The zero-order chi connectivity index (χ0) is 36.3. The second kappa shape index (κ2) is 12.6. The highest BCUT2D eigenvalue weighted by Crippen LogP contribution is 2.57. The van der Waals surface area contributed by atoms with Gasteiger partial charge in [-0.25, -0.2) is 0 Å². The minimum atomic E-state index is -0.479. The van der Waals surface area contributed by atoms with Gasteiger partial charge in [0, 0.05) is 22.5 Å². The fourth-order valence-corrected chi connectivity index (χ4v) is 9.48. The quantitative estimate of drug-likeness (QED) is 0.168. The summed E-state index contributed by atoms with van der Waals surface area (Å²) in [5.41, 5.74) is 18.5. The first-order chi connectivity index (χ1) is 26.5. The van der Waals surface area contributed by atoms with Crippen molar-refractivity contribution in [3.8, 4) is 22.3 Å². The molecule has 1 nitrogen and oxygen atoms in total. The Morgan fingerprint density at radius 1 is 0.426 bits per heavy atom. The van der Waals surface area contributed by atoms with Gasteiger partial charge in [0.15, 0.2) is 0 Å². The van der Waals surface area contributed by atoms with Crippen molar-refractivity contribution >= 4 is 16.9 Å². The van der Waals surface area contributed by atoms with Crippen molar-refractivity contribution in [2.75, 3.05) is 4.90 Å². The van der Waals surface area contributed by atoms with E-state index < -0.39 is 5.41 Å². The first-order valence-corrected chi connectivity index (χ1v) is 19.1. The van der Waals surface area contributed by atoms with Gasteiger partial charge >= 0.3 is 0 Å². The monoisotopic (exact) mass is 691 g/mol. The summed E-state index contributed by atoms with van der Waals surface area (Å²) in [6.07, 6.45) is 10.1. The Morgan fingerprint density at radius 3 is 1.57 bits per heavy atom. The smallest absolute Gasteiger partial charge is 0.0714 e. The first-order valence-electron chi connectivity index (χ1n) is 19.1. The van der Waals surface area contributed by atoms with E-state index in [1.165, 1.54) is 66.8 Å². The molecule has 54 heavy (non-hydrogen) atoms. The Bertz CT molecular complexity index is 2600. The van der Waals surface area contributed by atoms with E-state index in [-0.39, 0.29) is 5.41 Å². The van der Waals surface area contributed by atoms with Gasteiger partial charge < -0.3 is 4.90 Å². The number of hydrogen-bond donors (Lipinski definition) is 0. The molecule has 0 saturated heterocycles. The molecule has 0 heterocycles. The molecule has 0 bridgehead atoms. The molecule has 7 aromatic rings. The van der Waals surface area contributed by atoms with Crippen LogP contribution in [0.4, 0.5) is 11.4 Å². The third-order valence-electron chi connectivity index (χ3n) is 12.0. The van der Waals surface area contributed by atoms with Crippen LogP contribution in [0.25, 0.3) is 27.8 Å². The molecule has 3 aliphatic carbocycles. The Hall–Kier alpha value is -6.44. The van der Waals surface area contributed by atoms with Crippen molar-refractivity contribution in [3.05, 3.63) is 245 Å². The summed E-state index contributed by atoms with van der Waals surface area (Å²) >= 11 is 0. The predicted octanol–water partition coefficient (Wildman–Crippen LogP) is 13.4. The molecular weight excluding hydrogens is 651 g/mol. The Morgan fingerprint density at radius 2 is 0.926 bits per heavy atom. The molecule has 0 spiro atoms. The van der Waals surface area contributed by atoms with Gasteiger partial charge in [0.25, 0.3) is 0 Å². The summed E-state index contributed by atoms with van der Waals surface area (Å²) in [5.74, 6) is 0. The number of allylic oxidation sites excluding steroid dienone is 5. The largest absolute Gasteiger partial charge is 0.311 e. The van der Waals surface area contributed by atoms with Gasteiger partial charge in [0.1, 0.15) is 0 Å². The molecule has 0 aromatic heterocycles. The van der Waals surface area contributed by atoms with E-state index in [4.69, 9.17) is 0 Å². The van der Waals surface area contributed by atoms with Crippen LogP contribution >= 0.6 is 0 Å². The van der Waals surface area contributed by atoms with E-state index in [0.29, 0.717) is 0 Å². The van der Waals surface area contributed by atoms with Gasteiger partial charge in [-0.05, 0) is 104 Å². The molecule has 7 aromatic carbocycles. The molecule has 1 heteroatoms. The molecule has 0 fully saturated rings. The zero-order valence-corrected chi connectivity index (χ0v) is 30.7. The number of fused-ring (bicyclic) bond motifs is 6. The van der Waals surface area contributed by atoms with Crippen LogP contribution in [0.15, 0.2) is 206 Å². The molecule has 0 aliphatic heterocycles. The lowest BCUT2D eigenvalue weighted by molar-refractivity contribution is 0.660.